The van der Waals surface area contributed by atoms with E-state index >= 15 is 0 Å². The molecule has 3 N–H and O–H groups in total. The largest absolute Gasteiger partial charge is 0.390 e. The van der Waals surface area contributed by atoms with Gasteiger partial charge in [-0.1, -0.05) is 32.6 Å². The Bertz CT molecular complexity index is 934. The van der Waals surface area contributed by atoms with Gasteiger partial charge in [-0.3, -0.25) is 24.3 Å². The predicted molar refractivity (Wildman–Crippen MR) is 150 cm³/mol. The zero-order valence-electron chi connectivity index (χ0n) is 22.5. The van der Waals surface area contributed by atoms with E-state index in [-0.39, 0.29) is 48.5 Å². The number of pyridine rings is 1. The highest BCUT2D eigenvalue weighted by molar-refractivity contribution is 6.00. The maximum Gasteiger partial charge on any atom is 0.252 e. The first-order valence-electron chi connectivity index (χ1n) is 13.6. The van der Waals surface area contributed by atoms with E-state index in [2.05, 4.69) is 27.4 Å². The van der Waals surface area contributed by atoms with E-state index in [0.29, 0.717) is 44.6 Å². The van der Waals surface area contributed by atoms with Gasteiger partial charge in [0.25, 0.3) is 5.91 Å². The Labute approximate surface area is 238 Å². The first-order valence-corrected chi connectivity index (χ1v) is 13.6. The van der Waals surface area contributed by atoms with E-state index in [1.54, 1.807) is 24.2 Å². The minimum Gasteiger partial charge on any atom is -0.390 e. The molecule has 1 spiro atoms. The number of carbonyl (C=O) groups is 3. The number of aliphatic hydroxyl groups excluding tert-OH is 1. The number of aliphatic hydroxyl groups is 1. The Morgan fingerprint density at radius 1 is 1.18 bits per heavy atom. The first-order chi connectivity index (χ1) is 17.4. The van der Waals surface area contributed by atoms with Crippen LogP contribution in [0.25, 0.3) is 0 Å². The van der Waals surface area contributed by atoms with Crippen LogP contribution < -0.4 is 10.6 Å². The third-order valence-corrected chi connectivity index (χ3v) is 8.35. The number of nitrogens with one attached hydrogen (secondary N) is 2. The van der Waals surface area contributed by atoms with Crippen molar-refractivity contribution in [2.45, 2.75) is 88.9 Å². The highest BCUT2D eigenvalue weighted by Crippen LogP contribution is 2.36. The highest BCUT2D eigenvalue weighted by Gasteiger charge is 2.55. The summed E-state index contributed by atoms with van der Waals surface area (Å²) in [6.45, 7) is 4.58. The fourth-order valence-electron chi connectivity index (χ4n) is 6.06. The molecule has 3 heterocycles. The molecule has 2 saturated heterocycles. The second kappa shape index (κ2) is 14.4. The summed E-state index contributed by atoms with van der Waals surface area (Å²) in [7, 11) is 1.59. The van der Waals surface area contributed by atoms with Crippen molar-refractivity contribution in [2.24, 2.45) is 5.92 Å². The van der Waals surface area contributed by atoms with E-state index < -0.39 is 17.7 Å². The number of piperidine rings is 1. The summed E-state index contributed by atoms with van der Waals surface area (Å²) in [5.41, 5.74) is 0.524. The smallest absolute Gasteiger partial charge is 0.252 e. The monoisotopic (exact) mass is 571 g/mol. The number of amides is 3. The molecule has 3 fully saturated rings. The molecule has 4 rings (SSSR count). The van der Waals surface area contributed by atoms with E-state index in [4.69, 9.17) is 0 Å². The van der Waals surface area contributed by atoms with Crippen LogP contribution in [0.1, 0.15) is 80.8 Å². The number of hydrogen-bond donors (Lipinski definition) is 3. The Morgan fingerprint density at radius 3 is 2.45 bits per heavy atom. The molecule has 38 heavy (non-hydrogen) atoms. The summed E-state index contributed by atoms with van der Waals surface area (Å²) in [6, 6.07) is 2.78. The second-order valence-electron chi connectivity index (χ2n) is 10.6. The molecular formula is C27H43Cl2N5O4. The summed E-state index contributed by atoms with van der Waals surface area (Å²) in [5.74, 6) is -0.341. The Kier molecular flexibility index (Phi) is 12.3. The molecule has 11 heteroatoms. The van der Waals surface area contributed by atoms with Crippen molar-refractivity contribution in [3.05, 3.63) is 29.6 Å². The van der Waals surface area contributed by atoms with Crippen LogP contribution in [-0.2, 0) is 16.1 Å². The number of likely N-dealkylation sites (tertiary alicyclic amines) is 1. The van der Waals surface area contributed by atoms with Crippen molar-refractivity contribution in [2.75, 3.05) is 26.7 Å². The lowest BCUT2D eigenvalue weighted by atomic mass is 9.78. The van der Waals surface area contributed by atoms with Gasteiger partial charge in [-0.25, -0.2) is 0 Å². The van der Waals surface area contributed by atoms with Crippen LogP contribution in [0.3, 0.4) is 0 Å². The Hall–Kier alpha value is -1.94. The van der Waals surface area contributed by atoms with Crippen molar-refractivity contribution in [1.82, 2.24) is 25.4 Å². The lowest BCUT2D eigenvalue weighted by Crippen LogP contribution is -2.75. The van der Waals surface area contributed by atoms with Crippen molar-refractivity contribution >= 4 is 42.5 Å². The molecule has 1 saturated carbocycles. The molecule has 214 valence electrons. The lowest BCUT2D eigenvalue weighted by molar-refractivity contribution is -0.166. The molecular weight excluding hydrogens is 529 g/mol. The van der Waals surface area contributed by atoms with Crippen LogP contribution in [0.2, 0.25) is 0 Å². The van der Waals surface area contributed by atoms with Crippen molar-refractivity contribution in [1.29, 1.82) is 0 Å². The molecule has 0 bridgehead atoms. The minimum absolute atomic E-state index is 0. The summed E-state index contributed by atoms with van der Waals surface area (Å²) in [4.78, 5) is 47.5. The minimum atomic E-state index is -0.859. The third-order valence-electron chi connectivity index (χ3n) is 8.35. The average Bonchev–Trinajstić information content (AvgIpc) is 2.92. The van der Waals surface area contributed by atoms with Crippen LogP contribution in [0, 0.1) is 5.92 Å². The molecule has 0 unspecified atom stereocenters. The maximum absolute atomic E-state index is 13.7. The van der Waals surface area contributed by atoms with Crippen molar-refractivity contribution in [3.8, 4) is 0 Å². The van der Waals surface area contributed by atoms with Crippen LogP contribution >= 0.6 is 24.8 Å². The number of hydrogen-bond acceptors (Lipinski definition) is 6. The molecule has 1 aromatic heterocycles. The van der Waals surface area contributed by atoms with E-state index in [1.165, 1.54) is 6.42 Å². The quantitative estimate of drug-likeness (QED) is 0.442. The Morgan fingerprint density at radius 2 is 1.87 bits per heavy atom. The fraction of sp³-hybridized carbons (Fsp3) is 0.704. The fourth-order valence-corrected chi connectivity index (χ4v) is 6.06. The van der Waals surface area contributed by atoms with Crippen LogP contribution in [0.15, 0.2) is 18.3 Å². The predicted octanol–water partition coefficient (Wildman–Crippen LogP) is 2.69. The molecule has 2 atom stereocenters. The van der Waals surface area contributed by atoms with E-state index in [0.717, 1.165) is 44.2 Å². The van der Waals surface area contributed by atoms with Gasteiger partial charge in [0.2, 0.25) is 11.8 Å². The molecule has 2 aliphatic heterocycles. The number of nitrogens with zero attached hydrogens (tertiary/aromatic N) is 3. The van der Waals surface area contributed by atoms with E-state index in [9.17, 15) is 19.5 Å². The van der Waals surface area contributed by atoms with Gasteiger partial charge in [-0.2, -0.15) is 0 Å². The molecule has 9 nitrogen and oxygen atoms in total. The van der Waals surface area contributed by atoms with Gasteiger partial charge in [0.05, 0.1) is 17.4 Å². The zero-order valence-corrected chi connectivity index (χ0v) is 24.1. The molecule has 1 aromatic rings. The summed E-state index contributed by atoms with van der Waals surface area (Å²) in [6.07, 6.45) is 8.75. The highest BCUT2D eigenvalue weighted by atomic mass is 35.5. The van der Waals surface area contributed by atoms with Gasteiger partial charge >= 0.3 is 0 Å². The summed E-state index contributed by atoms with van der Waals surface area (Å²) < 4.78 is 0. The molecule has 0 aromatic carbocycles. The third kappa shape index (κ3) is 6.79. The van der Waals surface area contributed by atoms with Gasteiger partial charge in [-0.15, -0.1) is 24.8 Å². The van der Waals surface area contributed by atoms with Gasteiger partial charge in [0.15, 0.2) is 0 Å². The number of carbonyl (C=O) groups excluding carboxylic acids is 3. The average molecular weight is 573 g/mol. The number of rotatable bonds is 8. The maximum atomic E-state index is 13.7. The van der Waals surface area contributed by atoms with Crippen molar-refractivity contribution in [3.63, 3.8) is 0 Å². The SMILES string of the molecule is CCCCN1C(=O)[C@@H]([C@H](O)C2CCCCC2)NC(=O)C12CCN(Cc1ccc(C(=O)NC)cn1)CC2.Cl.Cl. The van der Waals surface area contributed by atoms with Gasteiger partial charge in [-0.05, 0) is 50.2 Å². The molecule has 0 radical (unpaired) electrons. The number of piperazine rings is 1. The van der Waals surface area contributed by atoms with Crippen molar-refractivity contribution < 1.29 is 19.5 Å². The van der Waals surface area contributed by atoms with Gasteiger partial charge < -0.3 is 20.6 Å². The molecule has 3 aliphatic rings. The van der Waals surface area contributed by atoms with Crippen LogP contribution in [0.5, 0.6) is 0 Å². The molecule has 1 aliphatic carbocycles. The second-order valence-corrected chi connectivity index (χ2v) is 10.6. The lowest BCUT2D eigenvalue weighted by Gasteiger charge is -2.52. The van der Waals surface area contributed by atoms with Crippen LogP contribution in [0.4, 0.5) is 0 Å². The number of unbranched alkanes of at least 4 members (excludes halogenated alkanes) is 1. The summed E-state index contributed by atoms with van der Waals surface area (Å²) >= 11 is 0. The van der Waals surface area contributed by atoms with Gasteiger partial charge in [0, 0.05) is 39.4 Å². The van der Waals surface area contributed by atoms with Crippen LogP contribution in [-0.4, -0.2) is 82.0 Å². The van der Waals surface area contributed by atoms with E-state index in [1.807, 2.05) is 6.07 Å². The first kappa shape index (κ1) is 32.3. The molecule has 3 amide bonds. The summed E-state index contributed by atoms with van der Waals surface area (Å²) in [5, 5.41) is 16.7. The normalized spacial score (nSPS) is 22.7. The number of aromatic nitrogens is 1. The zero-order chi connectivity index (χ0) is 25.7. The topological polar surface area (TPSA) is 115 Å². The standard InChI is InChI=1S/C27H41N5O4.2ClH/c1-3-4-14-32-25(35)22(23(33)19-8-6-5-7-9-19)30-26(36)27(32)12-15-31(16-13-27)18-21-11-10-20(17-29-21)24(34)28-2;;/h10-11,17,19,22-23,33H,3-9,12-16,18H2,1-2H3,(H,28,34)(H,30,36);2*1H/t22-,23-;;/m1../s1. The van der Waals surface area contributed by atoms with Gasteiger partial charge in [0.1, 0.15) is 11.6 Å². The Balaban J connectivity index is 0.00000253. The number of halogens is 2.